The maximum Gasteiger partial charge on any atom is 0.292 e. The molecule has 0 saturated heterocycles. The van der Waals surface area contributed by atoms with E-state index in [0.717, 1.165) is 28.8 Å². The number of amides is 2. The fraction of sp³-hybridized carbons (Fsp3) is 0.200. The highest BCUT2D eigenvalue weighted by Crippen LogP contribution is 2.31. The van der Waals surface area contributed by atoms with Crippen molar-refractivity contribution in [2.75, 3.05) is 5.32 Å². The van der Waals surface area contributed by atoms with Gasteiger partial charge in [-0.15, -0.1) is 0 Å². The predicted octanol–water partition coefficient (Wildman–Crippen LogP) is 5.53. The molecule has 1 aliphatic carbocycles. The molecule has 2 amide bonds. The first-order valence-electron chi connectivity index (χ1n) is 12.3. The molecule has 0 saturated carbocycles. The van der Waals surface area contributed by atoms with Gasteiger partial charge in [0, 0.05) is 23.2 Å². The molecular formula is C30H28N4O3. The molecule has 0 radical (unpaired) electrons. The van der Waals surface area contributed by atoms with Crippen LogP contribution in [0.5, 0.6) is 0 Å². The Morgan fingerprint density at radius 3 is 2.22 bits per heavy atom. The fourth-order valence-electron chi connectivity index (χ4n) is 4.76. The van der Waals surface area contributed by atoms with Crippen molar-refractivity contribution < 1.29 is 14.0 Å². The lowest BCUT2D eigenvalue weighted by molar-refractivity contribution is -0.121. The van der Waals surface area contributed by atoms with Crippen molar-refractivity contribution in [3.8, 4) is 0 Å². The van der Waals surface area contributed by atoms with E-state index < -0.39 is 5.92 Å². The number of furan rings is 1. The van der Waals surface area contributed by atoms with Crippen LogP contribution in [0.1, 0.15) is 63.0 Å². The van der Waals surface area contributed by atoms with Gasteiger partial charge in [-0.1, -0.05) is 66.7 Å². The van der Waals surface area contributed by atoms with E-state index in [1.54, 1.807) is 6.07 Å². The van der Waals surface area contributed by atoms with Crippen molar-refractivity contribution in [1.29, 1.82) is 0 Å². The molecule has 2 heterocycles. The predicted molar refractivity (Wildman–Crippen MR) is 143 cm³/mol. The summed E-state index contributed by atoms with van der Waals surface area (Å²) in [6, 6.07) is 24.8. The number of fused-ring (bicyclic) bond motifs is 1. The van der Waals surface area contributed by atoms with Gasteiger partial charge in [-0.25, -0.2) is 10.4 Å². The third-order valence-corrected chi connectivity index (χ3v) is 6.49. The summed E-state index contributed by atoms with van der Waals surface area (Å²) in [5.41, 5.74) is 7.59. The Kier molecular flexibility index (Phi) is 6.94. The Labute approximate surface area is 215 Å². The average Bonchev–Trinajstić information content (AvgIpc) is 3.26. The number of rotatable bonds is 6. The highest BCUT2D eigenvalue weighted by atomic mass is 16.4. The van der Waals surface area contributed by atoms with Gasteiger partial charge >= 0.3 is 0 Å². The molecule has 37 heavy (non-hydrogen) atoms. The van der Waals surface area contributed by atoms with Crippen LogP contribution < -0.4 is 10.7 Å². The SMILES string of the molecule is Cc1cccc(NC(=O)c2oc3c(c2C)/C(=N/NC(=O)C(c2ccccc2)c2ccccc2)CCC3)n1. The number of aromatic nitrogens is 1. The first kappa shape index (κ1) is 24.2. The number of hydrazone groups is 1. The topological polar surface area (TPSA) is 96.6 Å². The highest BCUT2D eigenvalue weighted by molar-refractivity contribution is 6.09. The molecule has 186 valence electrons. The number of anilines is 1. The summed E-state index contributed by atoms with van der Waals surface area (Å²) in [6.07, 6.45) is 2.20. The number of pyridine rings is 1. The minimum Gasteiger partial charge on any atom is -0.455 e. The van der Waals surface area contributed by atoms with Crippen molar-refractivity contribution in [2.45, 2.75) is 39.0 Å². The molecule has 4 aromatic rings. The molecule has 5 rings (SSSR count). The first-order valence-corrected chi connectivity index (χ1v) is 12.3. The zero-order valence-electron chi connectivity index (χ0n) is 20.8. The summed E-state index contributed by atoms with van der Waals surface area (Å²) in [6.45, 7) is 3.71. The third-order valence-electron chi connectivity index (χ3n) is 6.49. The fourth-order valence-corrected chi connectivity index (χ4v) is 4.76. The lowest BCUT2D eigenvalue weighted by Gasteiger charge is -2.18. The van der Waals surface area contributed by atoms with E-state index in [1.165, 1.54) is 0 Å². The molecule has 0 aliphatic heterocycles. The van der Waals surface area contributed by atoms with Gasteiger partial charge in [-0.05, 0) is 49.9 Å². The largest absolute Gasteiger partial charge is 0.455 e. The average molecular weight is 493 g/mol. The van der Waals surface area contributed by atoms with Crippen molar-refractivity contribution in [3.63, 3.8) is 0 Å². The Balaban J connectivity index is 1.40. The van der Waals surface area contributed by atoms with Crippen LogP contribution in [-0.4, -0.2) is 22.5 Å². The van der Waals surface area contributed by atoms with Gasteiger partial charge in [0.25, 0.3) is 11.8 Å². The second kappa shape index (κ2) is 10.6. The van der Waals surface area contributed by atoms with Gasteiger partial charge in [0.2, 0.25) is 0 Å². The first-order chi connectivity index (χ1) is 18.0. The molecule has 2 aromatic carbocycles. The molecule has 1 aliphatic rings. The minimum atomic E-state index is -0.497. The summed E-state index contributed by atoms with van der Waals surface area (Å²) >= 11 is 0. The molecule has 0 spiro atoms. The molecule has 0 fully saturated rings. The molecule has 2 N–H and O–H groups in total. The van der Waals surface area contributed by atoms with Crippen LogP contribution in [0.15, 0.2) is 88.4 Å². The van der Waals surface area contributed by atoms with Crippen LogP contribution in [-0.2, 0) is 11.2 Å². The maximum absolute atomic E-state index is 13.4. The molecular weight excluding hydrogens is 464 g/mol. The Morgan fingerprint density at radius 1 is 0.892 bits per heavy atom. The molecule has 0 atom stereocenters. The van der Waals surface area contributed by atoms with E-state index in [9.17, 15) is 9.59 Å². The summed E-state index contributed by atoms with van der Waals surface area (Å²) < 4.78 is 5.99. The lowest BCUT2D eigenvalue weighted by Crippen LogP contribution is -2.28. The number of hydrogen-bond donors (Lipinski definition) is 2. The van der Waals surface area contributed by atoms with E-state index in [1.807, 2.05) is 86.6 Å². The normalized spacial score (nSPS) is 13.9. The number of nitrogens with one attached hydrogen (secondary N) is 2. The quantitative estimate of drug-likeness (QED) is 0.346. The zero-order valence-corrected chi connectivity index (χ0v) is 20.8. The van der Waals surface area contributed by atoms with Gasteiger partial charge in [0.05, 0.1) is 11.6 Å². The lowest BCUT2D eigenvalue weighted by atomic mass is 9.90. The zero-order chi connectivity index (χ0) is 25.8. The van der Waals surface area contributed by atoms with Crippen molar-refractivity contribution in [2.24, 2.45) is 5.10 Å². The second-order valence-electron chi connectivity index (χ2n) is 9.12. The van der Waals surface area contributed by atoms with Crippen LogP contribution in [0.25, 0.3) is 0 Å². The van der Waals surface area contributed by atoms with E-state index in [4.69, 9.17) is 4.42 Å². The number of nitrogens with zero attached hydrogens (tertiary/aromatic N) is 2. The van der Waals surface area contributed by atoms with E-state index >= 15 is 0 Å². The Bertz CT molecular complexity index is 1420. The van der Waals surface area contributed by atoms with Crippen molar-refractivity contribution >= 4 is 23.3 Å². The van der Waals surface area contributed by atoms with Gasteiger partial charge in [-0.2, -0.15) is 5.10 Å². The molecule has 0 bridgehead atoms. The summed E-state index contributed by atoms with van der Waals surface area (Å²) in [5.74, 6) is 0.335. The van der Waals surface area contributed by atoms with Crippen LogP contribution in [0.3, 0.4) is 0 Å². The third kappa shape index (κ3) is 5.21. The summed E-state index contributed by atoms with van der Waals surface area (Å²) in [7, 11) is 0. The smallest absolute Gasteiger partial charge is 0.292 e. The molecule has 7 nitrogen and oxygen atoms in total. The molecule has 7 heteroatoms. The second-order valence-corrected chi connectivity index (χ2v) is 9.12. The highest BCUT2D eigenvalue weighted by Gasteiger charge is 2.29. The van der Waals surface area contributed by atoms with Crippen molar-refractivity contribution in [1.82, 2.24) is 10.4 Å². The van der Waals surface area contributed by atoms with Gasteiger partial charge < -0.3 is 9.73 Å². The van der Waals surface area contributed by atoms with Crippen LogP contribution in [0.2, 0.25) is 0 Å². The number of carbonyl (C=O) groups excluding carboxylic acids is 2. The minimum absolute atomic E-state index is 0.221. The Hall–Kier alpha value is -4.52. The van der Waals surface area contributed by atoms with E-state index in [-0.39, 0.29) is 17.6 Å². The maximum atomic E-state index is 13.4. The molecule has 2 aromatic heterocycles. The van der Waals surface area contributed by atoms with E-state index in [2.05, 4.69) is 20.8 Å². The van der Waals surface area contributed by atoms with Crippen LogP contribution in [0.4, 0.5) is 5.82 Å². The van der Waals surface area contributed by atoms with E-state index in [0.29, 0.717) is 35.7 Å². The summed E-state index contributed by atoms with van der Waals surface area (Å²) in [5, 5.41) is 7.35. The summed E-state index contributed by atoms with van der Waals surface area (Å²) in [4.78, 5) is 30.7. The van der Waals surface area contributed by atoms with Gasteiger partial charge in [-0.3, -0.25) is 9.59 Å². The number of benzene rings is 2. The molecule has 0 unspecified atom stereocenters. The standard InChI is InChI=1S/C30H28N4O3/c1-19-11-9-18-25(31-19)32-30(36)28-20(2)26-23(16-10-17-24(26)37-28)33-34-29(35)27(21-12-5-3-6-13-21)22-14-7-4-8-15-22/h3-9,11-15,18,27H,10,16-17H2,1-2H3,(H,34,35)(H,31,32,36)/b33-23+. The Morgan fingerprint density at radius 2 is 1.57 bits per heavy atom. The number of aryl methyl sites for hydroxylation is 2. The van der Waals surface area contributed by atoms with Crippen LogP contribution in [0, 0.1) is 13.8 Å². The van der Waals surface area contributed by atoms with Crippen molar-refractivity contribution in [3.05, 3.63) is 118 Å². The van der Waals surface area contributed by atoms with Gasteiger partial charge in [0.1, 0.15) is 11.6 Å². The van der Waals surface area contributed by atoms with Crippen LogP contribution >= 0.6 is 0 Å². The monoisotopic (exact) mass is 492 g/mol. The number of carbonyl (C=O) groups is 2. The van der Waals surface area contributed by atoms with Gasteiger partial charge in [0.15, 0.2) is 5.76 Å². The number of hydrogen-bond acceptors (Lipinski definition) is 5.